The fourth-order valence-electron chi connectivity index (χ4n) is 1.01. The summed E-state index contributed by atoms with van der Waals surface area (Å²) in [4.78, 5) is 17.7. The quantitative estimate of drug-likeness (QED) is 0.748. The van der Waals surface area contributed by atoms with E-state index < -0.39 is 0 Å². The third-order valence-electron chi connectivity index (χ3n) is 2.00. The largest absolute Gasteiger partial charge is 0.361 e. The van der Waals surface area contributed by atoms with Crippen molar-refractivity contribution in [2.75, 3.05) is 11.2 Å². The lowest BCUT2D eigenvalue weighted by molar-refractivity contribution is 0.562. The average Bonchev–Trinajstić information content (AvgIpc) is 2.16. The van der Waals surface area contributed by atoms with Crippen molar-refractivity contribution in [1.29, 1.82) is 0 Å². The van der Waals surface area contributed by atoms with Gasteiger partial charge in [0.2, 0.25) is 0 Å². The third-order valence-corrected chi connectivity index (χ3v) is 2.33. The monoisotopic (exact) mass is 215 g/mol. The molecule has 0 aliphatic rings. The molecular weight excluding hydrogens is 202 g/mol. The molecule has 1 rings (SSSR count). The van der Waals surface area contributed by atoms with Crippen molar-refractivity contribution in [1.82, 2.24) is 9.97 Å². The Morgan fingerprint density at radius 2 is 2.36 bits per heavy atom. The van der Waals surface area contributed by atoms with E-state index in [4.69, 9.17) is 11.6 Å². The van der Waals surface area contributed by atoms with Crippen molar-refractivity contribution in [3.8, 4) is 0 Å². The normalized spacial score (nSPS) is 12.9. The number of aromatic amines is 1. The molecular formula is C9H14ClN3O. The second-order valence-corrected chi connectivity index (χ2v) is 3.72. The van der Waals surface area contributed by atoms with E-state index in [1.54, 1.807) is 0 Å². The number of anilines is 1. The number of hydrogen-bond donors (Lipinski definition) is 2. The molecule has 1 atom stereocenters. The van der Waals surface area contributed by atoms with E-state index in [0.29, 0.717) is 17.6 Å². The number of hydrogen-bond acceptors (Lipinski definition) is 3. The fourth-order valence-corrected chi connectivity index (χ4v) is 1.45. The summed E-state index contributed by atoms with van der Waals surface area (Å²) in [6.07, 6.45) is 3.04. The zero-order valence-corrected chi connectivity index (χ0v) is 9.01. The highest BCUT2D eigenvalue weighted by atomic mass is 35.5. The summed E-state index contributed by atoms with van der Waals surface area (Å²) in [5.41, 5.74) is -0.219. The van der Waals surface area contributed by atoms with Crippen molar-refractivity contribution in [2.24, 2.45) is 5.92 Å². The van der Waals surface area contributed by atoms with Crippen LogP contribution in [0.3, 0.4) is 0 Å². The third kappa shape index (κ3) is 2.73. The summed E-state index contributed by atoms with van der Waals surface area (Å²) in [7, 11) is 0. The Kier molecular flexibility index (Phi) is 3.95. The number of nitrogens with zero attached hydrogens (tertiary/aromatic N) is 1. The Bertz CT molecular complexity index is 337. The van der Waals surface area contributed by atoms with Crippen LogP contribution in [0.4, 0.5) is 5.82 Å². The number of alkyl halides is 1. The van der Waals surface area contributed by atoms with E-state index in [-0.39, 0.29) is 11.6 Å². The van der Waals surface area contributed by atoms with Gasteiger partial charge in [-0.2, -0.15) is 0 Å². The highest BCUT2D eigenvalue weighted by molar-refractivity contribution is 6.18. The zero-order valence-electron chi connectivity index (χ0n) is 8.25. The van der Waals surface area contributed by atoms with Crippen LogP contribution in [0.1, 0.15) is 13.8 Å². The van der Waals surface area contributed by atoms with Gasteiger partial charge in [-0.3, -0.25) is 4.79 Å². The van der Waals surface area contributed by atoms with Gasteiger partial charge in [0.1, 0.15) is 0 Å². The topological polar surface area (TPSA) is 57.8 Å². The van der Waals surface area contributed by atoms with Crippen molar-refractivity contribution in [2.45, 2.75) is 19.9 Å². The fraction of sp³-hybridized carbons (Fsp3) is 0.556. The van der Waals surface area contributed by atoms with Crippen molar-refractivity contribution >= 4 is 17.4 Å². The minimum atomic E-state index is -0.219. The van der Waals surface area contributed by atoms with Gasteiger partial charge in [0, 0.05) is 24.3 Å². The summed E-state index contributed by atoms with van der Waals surface area (Å²) in [5.74, 6) is 1.13. The minimum Gasteiger partial charge on any atom is -0.361 e. The van der Waals surface area contributed by atoms with Crippen LogP contribution in [0.5, 0.6) is 0 Å². The van der Waals surface area contributed by atoms with Crippen molar-refractivity contribution in [3.63, 3.8) is 0 Å². The Balaban J connectivity index is 2.77. The summed E-state index contributed by atoms with van der Waals surface area (Å²) in [6.45, 7) is 4.08. The van der Waals surface area contributed by atoms with Crippen LogP contribution in [0.25, 0.3) is 0 Å². The molecule has 5 heteroatoms. The molecule has 0 aliphatic carbocycles. The average molecular weight is 216 g/mol. The van der Waals surface area contributed by atoms with Gasteiger partial charge >= 0.3 is 0 Å². The number of H-pyrrole nitrogens is 1. The van der Waals surface area contributed by atoms with Gasteiger partial charge in [0.25, 0.3) is 5.56 Å². The maximum Gasteiger partial charge on any atom is 0.290 e. The molecule has 0 saturated carbocycles. The molecule has 0 fully saturated rings. The first-order chi connectivity index (χ1) is 6.65. The van der Waals surface area contributed by atoms with Gasteiger partial charge in [0.15, 0.2) is 5.82 Å². The van der Waals surface area contributed by atoms with Crippen LogP contribution in [0, 0.1) is 5.92 Å². The van der Waals surface area contributed by atoms with E-state index in [9.17, 15) is 4.79 Å². The number of nitrogens with one attached hydrogen (secondary N) is 2. The molecule has 78 valence electrons. The van der Waals surface area contributed by atoms with Gasteiger partial charge in [-0.15, -0.1) is 11.6 Å². The molecule has 1 heterocycles. The Morgan fingerprint density at radius 3 is 2.86 bits per heavy atom. The van der Waals surface area contributed by atoms with E-state index in [1.165, 1.54) is 12.4 Å². The summed E-state index contributed by atoms with van der Waals surface area (Å²) < 4.78 is 0. The second-order valence-electron chi connectivity index (χ2n) is 3.42. The molecule has 0 bridgehead atoms. The summed E-state index contributed by atoms with van der Waals surface area (Å²) in [5, 5.41) is 3.01. The van der Waals surface area contributed by atoms with Gasteiger partial charge in [0.05, 0.1) is 0 Å². The van der Waals surface area contributed by atoms with Gasteiger partial charge in [-0.1, -0.05) is 13.8 Å². The maximum atomic E-state index is 11.3. The molecule has 0 saturated heterocycles. The molecule has 0 aliphatic heterocycles. The molecule has 4 nitrogen and oxygen atoms in total. The first-order valence-corrected chi connectivity index (χ1v) is 5.04. The first-order valence-electron chi connectivity index (χ1n) is 4.51. The first kappa shape index (κ1) is 11.0. The molecule has 0 radical (unpaired) electrons. The lowest BCUT2D eigenvalue weighted by atomic mass is 10.1. The van der Waals surface area contributed by atoms with Gasteiger partial charge in [-0.05, 0) is 5.92 Å². The van der Waals surface area contributed by atoms with Crippen LogP contribution in [0.15, 0.2) is 17.2 Å². The lowest BCUT2D eigenvalue weighted by Gasteiger charge is -2.19. The van der Waals surface area contributed by atoms with Crippen LogP contribution in [-0.2, 0) is 0 Å². The predicted molar refractivity (Wildman–Crippen MR) is 57.8 cm³/mol. The van der Waals surface area contributed by atoms with E-state index in [0.717, 1.165) is 0 Å². The Labute approximate surface area is 87.7 Å². The van der Waals surface area contributed by atoms with Gasteiger partial charge in [-0.25, -0.2) is 4.98 Å². The van der Waals surface area contributed by atoms with Crippen LogP contribution >= 0.6 is 11.6 Å². The molecule has 0 aromatic carbocycles. The number of aromatic nitrogens is 2. The molecule has 0 amide bonds. The summed E-state index contributed by atoms with van der Waals surface area (Å²) in [6, 6.07) is 0.0627. The zero-order chi connectivity index (χ0) is 10.6. The molecule has 14 heavy (non-hydrogen) atoms. The second kappa shape index (κ2) is 5.00. The van der Waals surface area contributed by atoms with Crippen LogP contribution in [0.2, 0.25) is 0 Å². The lowest BCUT2D eigenvalue weighted by Crippen LogP contribution is -2.31. The molecule has 1 unspecified atom stereocenters. The molecule has 0 spiro atoms. The Morgan fingerprint density at radius 1 is 1.64 bits per heavy atom. The predicted octanol–water partition coefficient (Wildman–Crippen LogP) is 1.45. The van der Waals surface area contributed by atoms with E-state index in [1.807, 2.05) is 13.8 Å². The van der Waals surface area contributed by atoms with E-state index in [2.05, 4.69) is 15.3 Å². The van der Waals surface area contributed by atoms with Crippen molar-refractivity contribution in [3.05, 3.63) is 22.7 Å². The van der Waals surface area contributed by atoms with E-state index >= 15 is 0 Å². The maximum absolute atomic E-state index is 11.3. The Hall–Kier alpha value is -1.03. The number of rotatable bonds is 4. The molecule has 1 aromatic heterocycles. The summed E-state index contributed by atoms with van der Waals surface area (Å²) >= 11 is 5.76. The number of halogens is 1. The highest BCUT2D eigenvalue weighted by Crippen LogP contribution is 2.07. The minimum absolute atomic E-state index is 0.0627. The molecule has 1 aromatic rings. The SMILES string of the molecule is CC(C)C(CCl)Nc1ncc[nH]c1=O. The standard InChI is InChI=1S/C9H14ClN3O/c1-6(2)7(5-10)13-8-9(14)12-4-3-11-8/h3-4,6-7H,5H2,1-2H3,(H,11,13)(H,12,14). The van der Waals surface area contributed by atoms with Crippen molar-refractivity contribution < 1.29 is 0 Å². The smallest absolute Gasteiger partial charge is 0.290 e. The van der Waals surface area contributed by atoms with Gasteiger partial charge < -0.3 is 10.3 Å². The molecule has 2 N–H and O–H groups in total. The van der Waals surface area contributed by atoms with Crippen LogP contribution < -0.4 is 10.9 Å². The van der Waals surface area contributed by atoms with Crippen LogP contribution in [-0.4, -0.2) is 21.9 Å². The highest BCUT2D eigenvalue weighted by Gasteiger charge is 2.13.